The number of nitrogens with one attached hydrogen (secondary N) is 1. The van der Waals surface area contributed by atoms with E-state index in [1.54, 1.807) is 0 Å². The van der Waals surface area contributed by atoms with E-state index in [-0.39, 0.29) is 6.04 Å². The highest BCUT2D eigenvalue weighted by Gasteiger charge is 2.07. The zero-order chi connectivity index (χ0) is 12.1. The van der Waals surface area contributed by atoms with Crippen LogP contribution in [0.25, 0.3) is 0 Å². The molecule has 2 nitrogen and oxygen atoms in total. The van der Waals surface area contributed by atoms with Crippen molar-refractivity contribution in [3.8, 4) is 0 Å². The Morgan fingerprint density at radius 1 is 1.31 bits per heavy atom. The summed E-state index contributed by atoms with van der Waals surface area (Å²) in [6.07, 6.45) is 0.871. The Labute approximate surface area is 94.8 Å². The largest absolute Gasteiger partial charge is 0.381 e. The van der Waals surface area contributed by atoms with E-state index in [1.807, 2.05) is 0 Å². The van der Waals surface area contributed by atoms with Gasteiger partial charge in [-0.2, -0.15) is 0 Å². The normalized spacial score (nSPS) is 12.9. The van der Waals surface area contributed by atoms with Crippen LogP contribution in [0.5, 0.6) is 0 Å². The number of hydrogen-bond donors (Lipinski definition) is 2. The first kappa shape index (κ1) is 12.9. The maximum atomic E-state index is 13.2. The summed E-state index contributed by atoms with van der Waals surface area (Å²) in [6.45, 7) is 4.65. The fraction of sp³-hybridized carbons (Fsp3) is 0.500. The topological polar surface area (TPSA) is 38.0 Å². The second kappa shape index (κ2) is 5.80. The Morgan fingerprint density at radius 2 is 2.00 bits per heavy atom. The van der Waals surface area contributed by atoms with Gasteiger partial charge in [0.1, 0.15) is 11.6 Å². The molecule has 90 valence electrons. The van der Waals surface area contributed by atoms with Crippen LogP contribution in [0.4, 0.5) is 14.5 Å². The zero-order valence-electron chi connectivity index (χ0n) is 9.63. The van der Waals surface area contributed by atoms with Crippen LogP contribution in [0, 0.1) is 17.6 Å². The summed E-state index contributed by atoms with van der Waals surface area (Å²) in [5.41, 5.74) is 6.14. The summed E-state index contributed by atoms with van der Waals surface area (Å²) in [6, 6.07) is 3.44. The van der Waals surface area contributed by atoms with E-state index in [4.69, 9.17) is 5.73 Å². The van der Waals surface area contributed by atoms with Crippen LogP contribution in [-0.4, -0.2) is 12.6 Å². The molecule has 4 heteroatoms. The maximum absolute atomic E-state index is 13.2. The molecule has 0 spiro atoms. The highest BCUT2D eigenvalue weighted by molar-refractivity contribution is 5.44. The van der Waals surface area contributed by atoms with E-state index >= 15 is 0 Å². The molecule has 1 atom stereocenters. The Bertz CT molecular complexity index is 340. The van der Waals surface area contributed by atoms with E-state index in [0.717, 1.165) is 12.5 Å². The number of benzene rings is 1. The standard InChI is InChI=1S/C12H18F2N2/c1-8(2)5-10(15)7-16-12-4-3-9(13)6-11(12)14/h3-4,6,8,10,16H,5,7,15H2,1-2H3. The molecule has 1 aromatic rings. The maximum Gasteiger partial charge on any atom is 0.149 e. The van der Waals surface area contributed by atoms with Crippen molar-refractivity contribution in [3.63, 3.8) is 0 Å². The van der Waals surface area contributed by atoms with E-state index in [1.165, 1.54) is 12.1 Å². The van der Waals surface area contributed by atoms with Crippen molar-refractivity contribution >= 4 is 5.69 Å². The minimum atomic E-state index is -0.586. The summed E-state index contributed by atoms with van der Waals surface area (Å²) in [5, 5.41) is 2.88. The summed E-state index contributed by atoms with van der Waals surface area (Å²) < 4.78 is 25.8. The molecule has 0 heterocycles. The Hall–Kier alpha value is -1.16. The average molecular weight is 228 g/mol. The lowest BCUT2D eigenvalue weighted by atomic mass is 10.0. The first-order valence-corrected chi connectivity index (χ1v) is 5.43. The molecule has 0 aromatic heterocycles. The average Bonchev–Trinajstić information content (AvgIpc) is 2.15. The summed E-state index contributed by atoms with van der Waals surface area (Å²) in [7, 11) is 0. The molecule has 0 aliphatic carbocycles. The molecule has 3 N–H and O–H groups in total. The fourth-order valence-electron chi connectivity index (χ4n) is 1.56. The first-order valence-electron chi connectivity index (χ1n) is 5.43. The molecule has 16 heavy (non-hydrogen) atoms. The van der Waals surface area contributed by atoms with Gasteiger partial charge in [-0.05, 0) is 24.5 Å². The molecule has 0 aliphatic rings. The molecular weight excluding hydrogens is 210 g/mol. The van der Waals surface area contributed by atoms with Crippen LogP contribution >= 0.6 is 0 Å². The van der Waals surface area contributed by atoms with E-state index < -0.39 is 11.6 Å². The first-order chi connectivity index (χ1) is 7.49. The Kier molecular flexibility index (Phi) is 4.68. The third-order valence-electron chi connectivity index (χ3n) is 2.26. The van der Waals surface area contributed by atoms with Crippen LogP contribution in [0.15, 0.2) is 18.2 Å². The van der Waals surface area contributed by atoms with Crippen molar-refractivity contribution in [2.24, 2.45) is 11.7 Å². The van der Waals surface area contributed by atoms with Crippen molar-refractivity contribution in [3.05, 3.63) is 29.8 Å². The van der Waals surface area contributed by atoms with Crippen molar-refractivity contribution in [1.29, 1.82) is 0 Å². The lowest BCUT2D eigenvalue weighted by molar-refractivity contribution is 0.507. The predicted molar refractivity (Wildman–Crippen MR) is 62.3 cm³/mol. The van der Waals surface area contributed by atoms with Gasteiger partial charge >= 0.3 is 0 Å². The van der Waals surface area contributed by atoms with Gasteiger partial charge in [-0.15, -0.1) is 0 Å². The molecule has 0 saturated heterocycles. The van der Waals surface area contributed by atoms with Gasteiger partial charge in [0.25, 0.3) is 0 Å². The van der Waals surface area contributed by atoms with Gasteiger partial charge in [-0.25, -0.2) is 8.78 Å². The number of hydrogen-bond acceptors (Lipinski definition) is 2. The third kappa shape index (κ3) is 4.14. The number of rotatable bonds is 5. The minimum absolute atomic E-state index is 0.0237. The molecule has 0 radical (unpaired) electrons. The Morgan fingerprint density at radius 3 is 2.56 bits per heavy atom. The van der Waals surface area contributed by atoms with E-state index in [0.29, 0.717) is 18.2 Å². The number of nitrogens with two attached hydrogens (primary N) is 1. The molecule has 0 saturated carbocycles. The molecular formula is C12H18F2N2. The van der Waals surface area contributed by atoms with E-state index in [2.05, 4.69) is 19.2 Å². The highest BCUT2D eigenvalue weighted by Crippen LogP contribution is 2.15. The highest BCUT2D eigenvalue weighted by atomic mass is 19.1. The second-order valence-electron chi connectivity index (χ2n) is 4.39. The van der Waals surface area contributed by atoms with Gasteiger partial charge in [-0.3, -0.25) is 0 Å². The van der Waals surface area contributed by atoms with E-state index in [9.17, 15) is 8.78 Å². The van der Waals surface area contributed by atoms with Crippen LogP contribution < -0.4 is 11.1 Å². The van der Waals surface area contributed by atoms with Crippen LogP contribution in [0.1, 0.15) is 20.3 Å². The Balaban J connectivity index is 2.48. The summed E-state index contributed by atoms with van der Waals surface area (Å²) in [5.74, 6) is -0.652. The van der Waals surface area contributed by atoms with Crippen LogP contribution in [0.3, 0.4) is 0 Å². The summed E-state index contributed by atoms with van der Waals surface area (Å²) >= 11 is 0. The van der Waals surface area contributed by atoms with Gasteiger partial charge < -0.3 is 11.1 Å². The quantitative estimate of drug-likeness (QED) is 0.813. The van der Waals surface area contributed by atoms with Crippen molar-refractivity contribution in [2.45, 2.75) is 26.3 Å². The van der Waals surface area contributed by atoms with Crippen LogP contribution in [0.2, 0.25) is 0 Å². The third-order valence-corrected chi connectivity index (χ3v) is 2.26. The van der Waals surface area contributed by atoms with Gasteiger partial charge in [0.2, 0.25) is 0 Å². The van der Waals surface area contributed by atoms with Crippen LogP contribution in [-0.2, 0) is 0 Å². The molecule has 1 unspecified atom stereocenters. The second-order valence-corrected chi connectivity index (χ2v) is 4.39. The van der Waals surface area contributed by atoms with Gasteiger partial charge in [0, 0.05) is 18.7 Å². The molecule has 0 fully saturated rings. The zero-order valence-corrected chi connectivity index (χ0v) is 9.63. The van der Waals surface area contributed by atoms with Crippen molar-refractivity contribution in [2.75, 3.05) is 11.9 Å². The molecule has 1 rings (SSSR count). The smallest absolute Gasteiger partial charge is 0.149 e. The van der Waals surface area contributed by atoms with Gasteiger partial charge in [0.15, 0.2) is 0 Å². The SMILES string of the molecule is CC(C)CC(N)CNc1ccc(F)cc1F. The van der Waals surface area contributed by atoms with Crippen molar-refractivity contribution < 1.29 is 8.78 Å². The molecule has 0 bridgehead atoms. The van der Waals surface area contributed by atoms with Gasteiger partial charge in [-0.1, -0.05) is 13.8 Å². The molecule has 0 aliphatic heterocycles. The lowest BCUT2D eigenvalue weighted by Crippen LogP contribution is -2.30. The summed E-state index contributed by atoms with van der Waals surface area (Å²) in [4.78, 5) is 0. The fourth-order valence-corrected chi connectivity index (χ4v) is 1.56. The van der Waals surface area contributed by atoms with Gasteiger partial charge in [0.05, 0.1) is 5.69 Å². The van der Waals surface area contributed by atoms with Crippen molar-refractivity contribution in [1.82, 2.24) is 0 Å². The molecule has 1 aromatic carbocycles. The molecule has 0 amide bonds. The number of anilines is 1. The monoisotopic (exact) mass is 228 g/mol. The minimum Gasteiger partial charge on any atom is -0.381 e. The number of halogens is 2. The predicted octanol–water partition coefficient (Wildman–Crippen LogP) is 2.75. The lowest BCUT2D eigenvalue weighted by Gasteiger charge is -2.15.